The minimum atomic E-state index is -1.77. The third-order valence-corrected chi connectivity index (χ3v) is 17.7. The molecule has 4 aliphatic heterocycles. The van der Waals surface area contributed by atoms with Crippen molar-refractivity contribution in [1.82, 2.24) is 40.9 Å². The van der Waals surface area contributed by atoms with E-state index < -0.39 is 148 Å². The number of amides is 4. The van der Waals surface area contributed by atoms with Gasteiger partial charge in [0.2, 0.25) is 12.6 Å². The average molecular weight is 1470 g/mol. The van der Waals surface area contributed by atoms with E-state index in [1.807, 2.05) is 0 Å². The molecule has 41 nitrogen and oxygen atoms in total. The first-order valence-corrected chi connectivity index (χ1v) is 34.0. The molecule has 104 heavy (non-hydrogen) atoms. The topological polar surface area (TPSA) is 575 Å². The van der Waals surface area contributed by atoms with Gasteiger partial charge in [-0.2, -0.15) is 0 Å². The second-order valence-electron chi connectivity index (χ2n) is 25.2. The molecule has 0 bridgehead atoms. The summed E-state index contributed by atoms with van der Waals surface area (Å²) in [7, 11) is 0. The molecule has 10 atom stereocenters. The Hall–Kier alpha value is -8.92. The van der Waals surface area contributed by atoms with Gasteiger partial charge in [0.05, 0.1) is 41.2 Å². The number of benzene rings is 2. The standard InChI is InChI=1S/C63H91N15O26/c64-37(33-99-62(93)71-11-9-67-46-44(50(83)52(46)85)65-5-1-13-73-17-21-75(22-18-73)15-3-7-69-58(91)35-25-38(77(95)96)29-40(27-35)101-60-56(89)54(87)48(81)42(31-79)103-60)34-100-63(94)72-12-10-68-47-45(51(84)53(47)86)66-6-2-14-74-19-23-76(24-20-74)16-4-8-70-59(92)36-26-39(78(97)98)30-41(28-36)102-61-57(90)55(88)49(82)43(32-80)104-61/h25-30,37,42-43,48-49,54-57,60-61,65-68,79-82,87-90H,1-24,31-34,64H2,(H,69,91)(H,70,92)(H,71,93)(H,72,94)/t42-,43-,48-,49-,54+,55+,56-,57-,60-,61-/m1/s1. The monoisotopic (exact) mass is 1470 g/mol. The molecule has 4 fully saturated rings. The number of aliphatic hydroxyl groups is 8. The van der Waals surface area contributed by atoms with E-state index in [2.05, 4.69) is 62.1 Å². The van der Waals surface area contributed by atoms with Crippen LogP contribution in [0.3, 0.4) is 0 Å². The smallest absolute Gasteiger partial charge is 0.407 e. The summed E-state index contributed by atoms with van der Waals surface area (Å²) >= 11 is 0. The maximum Gasteiger partial charge on any atom is 0.407 e. The molecule has 8 rings (SSSR count). The molecule has 41 heteroatoms. The second-order valence-corrected chi connectivity index (χ2v) is 25.2. The van der Waals surface area contributed by atoms with Gasteiger partial charge in [0.25, 0.3) is 44.9 Å². The lowest BCUT2D eigenvalue weighted by Crippen LogP contribution is -2.60. The van der Waals surface area contributed by atoms with Crippen molar-refractivity contribution in [2.75, 3.05) is 179 Å². The van der Waals surface area contributed by atoms with Crippen molar-refractivity contribution in [2.24, 2.45) is 5.73 Å². The Morgan fingerprint density at radius 2 is 0.779 bits per heavy atom. The molecule has 4 aliphatic rings. The van der Waals surface area contributed by atoms with Crippen LogP contribution in [0.4, 0.5) is 43.7 Å². The summed E-state index contributed by atoms with van der Waals surface area (Å²) in [4.78, 5) is 131. The number of nitrogens with zero attached hydrogens (tertiary/aromatic N) is 6. The zero-order chi connectivity index (χ0) is 75.1. The van der Waals surface area contributed by atoms with Gasteiger partial charge >= 0.3 is 12.2 Å². The fraction of sp³-hybridized carbons (Fsp3) is 0.619. The Balaban J connectivity index is 0.604. The van der Waals surface area contributed by atoms with Crippen molar-refractivity contribution >= 4 is 58.1 Å². The lowest BCUT2D eigenvalue weighted by Gasteiger charge is -2.39. The molecule has 4 aromatic rings. The van der Waals surface area contributed by atoms with Gasteiger partial charge < -0.3 is 137 Å². The van der Waals surface area contributed by atoms with Gasteiger partial charge in [-0.25, -0.2) is 9.59 Å². The van der Waals surface area contributed by atoms with E-state index in [0.717, 1.165) is 76.6 Å². The number of alkyl carbamates (subject to hydrolysis) is 2. The lowest BCUT2D eigenvalue weighted by molar-refractivity contribution is -0.385. The molecular weight excluding hydrogens is 1380 g/mol. The first-order chi connectivity index (χ1) is 49.8. The van der Waals surface area contributed by atoms with E-state index >= 15 is 0 Å². The molecular formula is C63H91N15O26. The summed E-state index contributed by atoms with van der Waals surface area (Å²) in [6, 6.07) is 5.62. The summed E-state index contributed by atoms with van der Waals surface area (Å²) < 4.78 is 31.9. The number of hydrogen-bond donors (Lipinski definition) is 17. The minimum absolute atomic E-state index is 0.00649. The first-order valence-electron chi connectivity index (χ1n) is 34.0. The van der Waals surface area contributed by atoms with Crippen LogP contribution < -0.4 is 79.5 Å². The number of piperazine rings is 2. The number of nitrogens with two attached hydrogens (primary N) is 1. The SMILES string of the molecule is NC(COC(=O)NCCNc1c(NCCCN2CCN(CCCNC(=O)c3cc(O[C@@H]4O[C@H](CO)[C@@H](O)[C@H](O)[C@H]4O)cc([N+](=O)[O-])c3)CC2)c(=O)c1=O)COC(=O)NCCNc1c(NCCCN2CCN(CCCNC(=O)c3cc(O[C@@H]4O[C@H](CO)[C@@H](O)[C@H](O)[C@H]4O)cc([N+](=O)[O-])c3)CC2)c(=O)c1=O. The van der Waals surface area contributed by atoms with Gasteiger partial charge in [-0.1, -0.05) is 0 Å². The molecule has 0 saturated carbocycles. The van der Waals surface area contributed by atoms with Gasteiger partial charge in [0.15, 0.2) is 0 Å². The van der Waals surface area contributed by atoms with Crippen LogP contribution in [0.2, 0.25) is 0 Å². The largest absolute Gasteiger partial charge is 0.462 e. The number of rotatable bonds is 40. The summed E-state index contributed by atoms with van der Waals surface area (Å²) in [5, 5.41) is 125. The van der Waals surface area contributed by atoms with E-state index in [9.17, 15) is 99.4 Å². The Morgan fingerprint density at radius 1 is 0.462 bits per heavy atom. The van der Waals surface area contributed by atoms with Crippen molar-refractivity contribution in [3.05, 3.63) is 109 Å². The van der Waals surface area contributed by atoms with Crippen molar-refractivity contribution in [3.8, 4) is 11.5 Å². The third kappa shape index (κ3) is 22.5. The quantitative estimate of drug-likeness (QED) is 0.00853. The van der Waals surface area contributed by atoms with Crippen molar-refractivity contribution < 1.29 is 98.3 Å². The van der Waals surface area contributed by atoms with Crippen LogP contribution in [0.15, 0.2) is 55.6 Å². The Bertz CT molecular complexity index is 3440. The summed E-state index contributed by atoms with van der Waals surface area (Å²) in [6.07, 6.45) is -15.4. The third-order valence-electron chi connectivity index (χ3n) is 17.7. The molecule has 4 amide bonds. The number of nitro groups is 2. The highest BCUT2D eigenvalue weighted by atomic mass is 16.7. The van der Waals surface area contributed by atoms with E-state index in [1.54, 1.807) is 0 Å². The van der Waals surface area contributed by atoms with Gasteiger partial charge in [-0.05, 0) is 64.0 Å². The molecule has 4 saturated heterocycles. The number of aliphatic hydroxyl groups excluding tert-OH is 8. The predicted molar refractivity (Wildman–Crippen MR) is 367 cm³/mol. The molecule has 574 valence electrons. The molecule has 4 heterocycles. The van der Waals surface area contributed by atoms with E-state index in [1.165, 1.54) is 12.1 Å². The Kier molecular flexibility index (Phi) is 30.5. The molecule has 0 spiro atoms. The van der Waals surface area contributed by atoms with Gasteiger partial charge in [-0.15, -0.1) is 0 Å². The summed E-state index contributed by atoms with van der Waals surface area (Å²) in [5.74, 6) is -1.70. The van der Waals surface area contributed by atoms with Crippen molar-refractivity contribution in [1.29, 1.82) is 0 Å². The highest BCUT2D eigenvalue weighted by molar-refractivity contribution is 5.96. The number of anilines is 4. The first kappa shape index (κ1) is 80.8. The summed E-state index contributed by atoms with van der Waals surface area (Å²) in [6.45, 7) is 8.16. The Morgan fingerprint density at radius 3 is 1.10 bits per heavy atom. The van der Waals surface area contributed by atoms with Crippen molar-refractivity contribution in [3.63, 3.8) is 0 Å². The summed E-state index contributed by atoms with van der Waals surface area (Å²) in [5.41, 5.74) is 2.52. The number of hydrogen-bond acceptors (Lipinski definition) is 35. The number of nitrogens with one attached hydrogen (secondary N) is 8. The number of ether oxygens (including phenoxy) is 6. The minimum Gasteiger partial charge on any atom is -0.462 e. The molecule has 18 N–H and O–H groups in total. The van der Waals surface area contributed by atoms with Gasteiger partial charge in [0, 0.05) is 128 Å². The van der Waals surface area contributed by atoms with Crippen LogP contribution in [0.1, 0.15) is 46.4 Å². The van der Waals surface area contributed by atoms with Crippen LogP contribution in [-0.2, 0) is 18.9 Å². The van der Waals surface area contributed by atoms with Crippen LogP contribution in [0, 0.1) is 20.2 Å². The average Bonchev–Trinajstić information content (AvgIpc) is 0.797. The van der Waals surface area contributed by atoms with Gasteiger partial charge in [-0.3, -0.25) is 49.0 Å². The normalized spacial score (nSPS) is 22.7. The van der Waals surface area contributed by atoms with Gasteiger partial charge in [0.1, 0.15) is 96.3 Å². The fourth-order valence-corrected chi connectivity index (χ4v) is 11.8. The highest BCUT2D eigenvalue weighted by Crippen LogP contribution is 2.31. The fourth-order valence-electron chi connectivity index (χ4n) is 11.8. The number of carbonyl (C=O) groups is 4. The maximum absolute atomic E-state index is 13.1. The predicted octanol–water partition coefficient (Wildman–Crippen LogP) is -6.16. The second kappa shape index (κ2) is 39.3. The lowest BCUT2D eigenvalue weighted by atomic mass is 9.99. The van der Waals surface area contributed by atoms with Crippen LogP contribution in [-0.4, -0.2) is 319 Å². The molecule has 0 radical (unpaired) electrons. The van der Waals surface area contributed by atoms with E-state index in [-0.39, 0.29) is 97.9 Å². The van der Waals surface area contributed by atoms with Crippen LogP contribution in [0.25, 0.3) is 0 Å². The maximum atomic E-state index is 13.1. The molecule has 4 aromatic carbocycles. The Labute approximate surface area is 593 Å². The highest BCUT2D eigenvalue weighted by Gasteiger charge is 2.46. The van der Waals surface area contributed by atoms with E-state index in [0.29, 0.717) is 65.0 Å². The zero-order valence-electron chi connectivity index (χ0n) is 56.8. The number of nitro benzene ring substituents is 2. The molecule has 0 aliphatic carbocycles. The number of non-ortho nitro benzene ring substituents is 2. The van der Waals surface area contributed by atoms with Crippen molar-refractivity contribution in [2.45, 2.75) is 93.1 Å². The van der Waals surface area contributed by atoms with E-state index in [4.69, 9.17) is 34.2 Å². The zero-order valence-corrected chi connectivity index (χ0v) is 56.8. The number of carbonyl (C=O) groups excluding carboxylic acids is 4. The molecule has 0 aromatic heterocycles. The van der Waals surface area contributed by atoms with Crippen LogP contribution in [0.5, 0.6) is 11.5 Å². The molecule has 0 unspecified atom stereocenters. The van der Waals surface area contributed by atoms with Crippen LogP contribution >= 0.6 is 0 Å².